The van der Waals surface area contributed by atoms with Crippen LogP contribution in [0.2, 0.25) is 0 Å². The molecule has 1 fully saturated rings. The maximum Gasteiger partial charge on any atom is 0.241 e. The molecule has 1 aliphatic heterocycles. The fourth-order valence-corrected chi connectivity index (χ4v) is 2.43. The van der Waals surface area contributed by atoms with Crippen molar-refractivity contribution in [1.29, 1.82) is 0 Å². The Hall–Kier alpha value is -2.48. The number of amides is 1. The molecule has 24 heavy (non-hydrogen) atoms. The summed E-state index contributed by atoms with van der Waals surface area (Å²) in [5.41, 5.74) is 0.561. The molecule has 0 radical (unpaired) electrons. The van der Waals surface area contributed by atoms with Crippen molar-refractivity contribution in [3.8, 4) is 5.75 Å². The number of nitrogens with one attached hydrogen (secondary N) is 1. The molecule has 3 rings (SSSR count). The lowest BCUT2D eigenvalue weighted by Crippen LogP contribution is -2.34. The molecule has 0 aliphatic carbocycles. The maximum absolute atomic E-state index is 13.1. The Morgan fingerprint density at radius 1 is 1.50 bits per heavy atom. The normalized spacial score (nSPS) is 17.0. The van der Waals surface area contributed by atoms with Crippen LogP contribution in [0.3, 0.4) is 0 Å². The number of nitrogens with zero attached hydrogens (tertiary/aromatic N) is 3. The van der Waals surface area contributed by atoms with Gasteiger partial charge in [-0.2, -0.15) is 0 Å². The number of benzene rings is 1. The standard InChI is InChI=1S/C16H19FN4O3/c17-12-3-1-4-14(7-12)24-11-13-9-21(20-19-13)10-16(22)18-8-15-5-2-6-23-15/h1,3-4,7,9,15H,2,5-6,8,10-11H2,(H,18,22)/t15-/m1/s1. The van der Waals surface area contributed by atoms with Crippen molar-refractivity contribution in [1.82, 2.24) is 20.3 Å². The van der Waals surface area contributed by atoms with E-state index in [-0.39, 0.29) is 31.0 Å². The highest BCUT2D eigenvalue weighted by atomic mass is 19.1. The highest BCUT2D eigenvalue weighted by Crippen LogP contribution is 2.13. The number of rotatable bonds is 7. The number of aromatic nitrogens is 3. The van der Waals surface area contributed by atoms with Gasteiger partial charge in [-0.1, -0.05) is 11.3 Å². The highest BCUT2D eigenvalue weighted by Gasteiger charge is 2.16. The Morgan fingerprint density at radius 2 is 2.42 bits per heavy atom. The van der Waals surface area contributed by atoms with Crippen LogP contribution in [0, 0.1) is 5.82 Å². The summed E-state index contributed by atoms with van der Waals surface area (Å²) >= 11 is 0. The Balaban J connectivity index is 1.43. The third-order valence-electron chi connectivity index (χ3n) is 3.63. The fourth-order valence-electron chi connectivity index (χ4n) is 2.43. The second kappa shape index (κ2) is 7.87. The van der Waals surface area contributed by atoms with Crippen molar-refractivity contribution < 1.29 is 18.7 Å². The maximum atomic E-state index is 13.1. The molecule has 0 spiro atoms. The molecular weight excluding hydrogens is 315 g/mol. The number of hydrogen-bond donors (Lipinski definition) is 1. The van der Waals surface area contributed by atoms with Crippen LogP contribution in [0.25, 0.3) is 0 Å². The molecule has 128 valence electrons. The van der Waals surface area contributed by atoms with Crippen LogP contribution in [0.4, 0.5) is 4.39 Å². The Bertz CT molecular complexity index is 685. The van der Waals surface area contributed by atoms with E-state index in [0.29, 0.717) is 18.0 Å². The summed E-state index contributed by atoms with van der Waals surface area (Å²) in [6.07, 6.45) is 3.76. The summed E-state index contributed by atoms with van der Waals surface area (Å²) < 4.78 is 25.4. The van der Waals surface area contributed by atoms with Gasteiger partial charge in [0.05, 0.1) is 12.3 Å². The Kier molecular flexibility index (Phi) is 5.37. The van der Waals surface area contributed by atoms with Crippen LogP contribution in [0.1, 0.15) is 18.5 Å². The van der Waals surface area contributed by atoms with E-state index in [1.807, 2.05) is 0 Å². The first-order chi connectivity index (χ1) is 11.7. The van der Waals surface area contributed by atoms with Gasteiger partial charge >= 0.3 is 0 Å². The summed E-state index contributed by atoms with van der Waals surface area (Å²) in [4.78, 5) is 11.9. The smallest absolute Gasteiger partial charge is 0.241 e. The van der Waals surface area contributed by atoms with Gasteiger partial charge in [0.15, 0.2) is 0 Å². The number of carbonyl (C=O) groups is 1. The average molecular weight is 334 g/mol. The zero-order valence-corrected chi connectivity index (χ0v) is 13.2. The average Bonchev–Trinajstić information content (AvgIpc) is 3.23. The molecule has 0 bridgehead atoms. The molecule has 1 aromatic carbocycles. The number of carbonyl (C=O) groups excluding carboxylic acids is 1. The van der Waals surface area contributed by atoms with Gasteiger partial charge in [0.2, 0.25) is 5.91 Å². The number of halogens is 1. The van der Waals surface area contributed by atoms with Crippen molar-refractivity contribution in [3.63, 3.8) is 0 Å². The fraction of sp³-hybridized carbons (Fsp3) is 0.438. The van der Waals surface area contributed by atoms with E-state index in [4.69, 9.17) is 9.47 Å². The first-order valence-electron chi connectivity index (χ1n) is 7.85. The minimum atomic E-state index is -0.362. The van der Waals surface area contributed by atoms with E-state index in [2.05, 4.69) is 15.6 Å². The number of ether oxygens (including phenoxy) is 2. The van der Waals surface area contributed by atoms with Crippen molar-refractivity contribution in [3.05, 3.63) is 42.0 Å². The quantitative estimate of drug-likeness (QED) is 0.825. The van der Waals surface area contributed by atoms with Gasteiger partial charge in [0, 0.05) is 19.2 Å². The molecule has 2 heterocycles. The summed E-state index contributed by atoms with van der Waals surface area (Å²) in [5, 5.41) is 10.6. The lowest BCUT2D eigenvalue weighted by Gasteiger charge is -2.10. The minimum absolute atomic E-state index is 0.0830. The minimum Gasteiger partial charge on any atom is -0.487 e. The van der Waals surface area contributed by atoms with Gasteiger partial charge in [-0.15, -0.1) is 5.10 Å². The zero-order valence-electron chi connectivity index (χ0n) is 13.2. The van der Waals surface area contributed by atoms with Crippen LogP contribution < -0.4 is 10.1 Å². The Morgan fingerprint density at radius 3 is 3.21 bits per heavy atom. The monoisotopic (exact) mass is 334 g/mol. The molecule has 0 saturated carbocycles. The van der Waals surface area contributed by atoms with Gasteiger partial charge in [-0.05, 0) is 25.0 Å². The molecular formula is C16H19FN4O3. The molecule has 1 saturated heterocycles. The summed E-state index contributed by atoms with van der Waals surface area (Å²) in [6.45, 7) is 1.52. The lowest BCUT2D eigenvalue weighted by molar-refractivity contribution is -0.122. The van der Waals surface area contributed by atoms with Crippen molar-refractivity contribution in [2.75, 3.05) is 13.2 Å². The van der Waals surface area contributed by atoms with E-state index in [1.165, 1.54) is 16.8 Å². The van der Waals surface area contributed by atoms with Crippen molar-refractivity contribution in [2.45, 2.75) is 32.1 Å². The topological polar surface area (TPSA) is 78.3 Å². The molecule has 1 N–H and O–H groups in total. The van der Waals surface area contributed by atoms with Gasteiger partial charge in [-0.25, -0.2) is 9.07 Å². The largest absolute Gasteiger partial charge is 0.487 e. The summed E-state index contributed by atoms with van der Waals surface area (Å²) in [7, 11) is 0. The third kappa shape index (κ3) is 4.76. The molecule has 2 aromatic rings. The van der Waals surface area contributed by atoms with E-state index in [0.717, 1.165) is 19.4 Å². The molecule has 8 heteroatoms. The van der Waals surface area contributed by atoms with Gasteiger partial charge in [0.25, 0.3) is 0 Å². The number of hydrogen-bond acceptors (Lipinski definition) is 5. The van der Waals surface area contributed by atoms with E-state index in [1.54, 1.807) is 18.3 Å². The molecule has 1 atom stereocenters. The molecule has 1 aromatic heterocycles. The van der Waals surface area contributed by atoms with Gasteiger partial charge in [-0.3, -0.25) is 4.79 Å². The first-order valence-corrected chi connectivity index (χ1v) is 7.85. The van der Waals surface area contributed by atoms with Crippen LogP contribution in [-0.4, -0.2) is 40.2 Å². The SMILES string of the molecule is O=C(Cn1cc(COc2cccc(F)c2)nn1)NC[C@H]1CCCO1. The zero-order chi connectivity index (χ0) is 16.8. The van der Waals surface area contributed by atoms with Crippen LogP contribution in [-0.2, 0) is 22.7 Å². The van der Waals surface area contributed by atoms with Crippen molar-refractivity contribution in [2.24, 2.45) is 0 Å². The van der Waals surface area contributed by atoms with Crippen LogP contribution >= 0.6 is 0 Å². The van der Waals surface area contributed by atoms with E-state index >= 15 is 0 Å². The highest BCUT2D eigenvalue weighted by molar-refractivity contribution is 5.75. The van der Waals surface area contributed by atoms with Crippen molar-refractivity contribution >= 4 is 5.91 Å². The molecule has 7 nitrogen and oxygen atoms in total. The first kappa shape index (κ1) is 16.4. The molecule has 1 aliphatic rings. The summed E-state index contributed by atoms with van der Waals surface area (Å²) in [5.74, 6) is -0.0917. The second-order valence-electron chi connectivity index (χ2n) is 5.59. The predicted octanol–water partition coefficient (Wildman–Crippen LogP) is 1.29. The van der Waals surface area contributed by atoms with Crippen LogP contribution in [0.15, 0.2) is 30.5 Å². The van der Waals surface area contributed by atoms with Crippen LogP contribution in [0.5, 0.6) is 5.75 Å². The molecule has 0 unspecified atom stereocenters. The van der Waals surface area contributed by atoms with Gasteiger partial charge < -0.3 is 14.8 Å². The van der Waals surface area contributed by atoms with Gasteiger partial charge in [0.1, 0.15) is 30.4 Å². The Labute approximate surface area is 138 Å². The lowest BCUT2D eigenvalue weighted by atomic mass is 10.2. The predicted molar refractivity (Wildman–Crippen MR) is 82.7 cm³/mol. The van der Waals surface area contributed by atoms with E-state index < -0.39 is 0 Å². The third-order valence-corrected chi connectivity index (χ3v) is 3.63. The van der Waals surface area contributed by atoms with E-state index in [9.17, 15) is 9.18 Å². The summed E-state index contributed by atoms with van der Waals surface area (Å²) in [6, 6.07) is 5.87. The molecule has 1 amide bonds. The second-order valence-corrected chi connectivity index (χ2v) is 5.59.